The zero-order valence-electron chi connectivity index (χ0n) is 18.8. The standard InChI is InChI=1S/C28H28BrNO3/c1-32-27-16-10-21(19-23(27)20-33-28-8-4-3-7-25(28)29)9-15-26(31)22-11-13-24(14-12-22)30-17-5-2-6-18-30/h3-4,7-16,19H,2,5-6,17-18,20H2,1H3/b15-9+. The van der Waals surface area contributed by atoms with E-state index in [1.54, 1.807) is 13.2 Å². The highest BCUT2D eigenvalue weighted by atomic mass is 79.9. The van der Waals surface area contributed by atoms with Crippen LogP contribution in [0.2, 0.25) is 0 Å². The Kier molecular flexibility index (Phi) is 7.84. The van der Waals surface area contributed by atoms with Crippen LogP contribution in [0.25, 0.3) is 6.08 Å². The van der Waals surface area contributed by atoms with E-state index >= 15 is 0 Å². The lowest BCUT2D eigenvalue weighted by Crippen LogP contribution is -2.29. The van der Waals surface area contributed by atoms with Crippen LogP contribution >= 0.6 is 15.9 Å². The summed E-state index contributed by atoms with van der Waals surface area (Å²) in [6.45, 7) is 2.55. The number of halogens is 1. The molecule has 1 heterocycles. The zero-order chi connectivity index (χ0) is 23.0. The van der Waals surface area contributed by atoms with Crippen LogP contribution in [0.3, 0.4) is 0 Å². The quantitative estimate of drug-likeness (QED) is 0.246. The first-order chi connectivity index (χ1) is 16.1. The van der Waals surface area contributed by atoms with Gasteiger partial charge in [-0.1, -0.05) is 24.3 Å². The number of para-hydroxylation sites is 1. The van der Waals surface area contributed by atoms with E-state index in [4.69, 9.17) is 9.47 Å². The highest BCUT2D eigenvalue weighted by molar-refractivity contribution is 9.10. The smallest absolute Gasteiger partial charge is 0.185 e. The lowest BCUT2D eigenvalue weighted by atomic mass is 10.1. The number of allylic oxidation sites excluding steroid dienone is 1. The van der Waals surface area contributed by atoms with Gasteiger partial charge in [-0.05, 0) is 95.4 Å². The molecule has 0 amide bonds. The van der Waals surface area contributed by atoms with Crippen LogP contribution in [0.1, 0.15) is 40.7 Å². The first kappa shape index (κ1) is 23.1. The summed E-state index contributed by atoms with van der Waals surface area (Å²) in [5.41, 5.74) is 3.71. The molecule has 0 aliphatic carbocycles. The highest BCUT2D eigenvalue weighted by Crippen LogP contribution is 2.27. The number of nitrogens with zero attached hydrogens (tertiary/aromatic N) is 1. The SMILES string of the molecule is COc1ccc(/C=C/C(=O)c2ccc(N3CCCCC3)cc2)cc1COc1ccccc1Br. The third kappa shape index (κ3) is 6.05. The molecule has 0 radical (unpaired) electrons. The lowest BCUT2D eigenvalue weighted by molar-refractivity contribution is 0.104. The first-order valence-corrected chi connectivity index (χ1v) is 12.0. The third-order valence-electron chi connectivity index (χ3n) is 5.82. The number of hydrogen-bond acceptors (Lipinski definition) is 4. The number of ketones is 1. The summed E-state index contributed by atoms with van der Waals surface area (Å²) < 4.78 is 12.3. The molecule has 1 fully saturated rings. The van der Waals surface area contributed by atoms with Crippen molar-refractivity contribution in [2.24, 2.45) is 0 Å². The number of benzene rings is 3. The molecule has 33 heavy (non-hydrogen) atoms. The highest BCUT2D eigenvalue weighted by Gasteiger charge is 2.12. The average molecular weight is 506 g/mol. The number of rotatable bonds is 8. The van der Waals surface area contributed by atoms with Crippen molar-refractivity contribution < 1.29 is 14.3 Å². The molecule has 0 unspecified atom stereocenters. The fourth-order valence-electron chi connectivity index (χ4n) is 3.99. The summed E-state index contributed by atoms with van der Waals surface area (Å²) in [6.07, 6.45) is 7.24. The molecule has 0 atom stereocenters. The van der Waals surface area contributed by atoms with E-state index in [0.29, 0.717) is 12.2 Å². The molecule has 3 aromatic rings. The summed E-state index contributed by atoms with van der Waals surface area (Å²) >= 11 is 3.50. The number of carbonyl (C=O) groups is 1. The summed E-state index contributed by atoms with van der Waals surface area (Å²) in [5, 5.41) is 0. The summed E-state index contributed by atoms with van der Waals surface area (Å²) in [5.74, 6) is 1.50. The van der Waals surface area contributed by atoms with Crippen LogP contribution in [-0.2, 0) is 6.61 Å². The fraction of sp³-hybridized carbons (Fsp3) is 0.250. The first-order valence-electron chi connectivity index (χ1n) is 11.3. The maximum absolute atomic E-state index is 12.7. The minimum absolute atomic E-state index is 0.0120. The lowest BCUT2D eigenvalue weighted by Gasteiger charge is -2.28. The van der Waals surface area contributed by atoms with Crippen LogP contribution in [-0.4, -0.2) is 26.0 Å². The average Bonchev–Trinajstić information content (AvgIpc) is 2.87. The number of piperidine rings is 1. The van der Waals surface area contributed by atoms with Gasteiger partial charge < -0.3 is 14.4 Å². The Balaban J connectivity index is 1.43. The van der Waals surface area contributed by atoms with Crippen LogP contribution in [0.15, 0.2) is 77.3 Å². The van der Waals surface area contributed by atoms with E-state index in [1.165, 1.54) is 24.9 Å². The zero-order valence-corrected chi connectivity index (χ0v) is 20.4. The monoisotopic (exact) mass is 505 g/mol. The maximum Gasteiger partial charge on any atom is 0.185 e. The normalized spacial score (nSPS) is 13.8. The van der Waals surface area contributed by atoms with Crippen LogP contribution in [0, 0.1) is 0 Å². The molecule has 170 valence electrons. The van der Waals surface area contributed by atoms with E-state index in [9.17, 15) is 4.79 Å². The molecule has 4 rings (SSSR count). The van der Waals surface area contributed by atoms with Crippen molar-refractivity contribution in [2.75, 3.05) is 25.1 Å². The van der Waals surface area contributed by atoms with E-state index in [1.807, 2.05) is 60.7 Å². The maximum atomic E-state index is 12.7. The van der Waals surface area contributed by atoms with Crippen molar-refractivity contribution in [1.29, 1.82) is 0 Å². The predicted molar refractivity (Wildman–Crippen MR) is 137 cm³/mol. The molecular weight excluding hydrogens is 478 g/mol. The fourth-order valence-corrected chi connectivity index (χ4v) is 4.39. The van der Waals surface area contributed by atoms with Crippen molar-refractivity contribution in [2.45, 2.75) is 25.9 Å². The summed E-state index contributed by atoms with van der Waals surface area (Å²) in [7, 11) is 1.64. The van der Waals surface area contributed by atoms with Crippen molar-refractivity contribution in [3.05, 3.63) is 94.0 Å². The van der Waals surface area contributed by atoms with E-state index < -0.39 is 0 Å². The molecule has 5 heteroatoms. The molecule has 0 aromatic heterocycles. The van der Waals surface area contributed by atoms with E-state index in [-0.39, 0.29) is 5.78 Å². The van der Waals surface area contributed by atoms with Crippen LogP contribution < -0.4 is 14.4 Å². The molecule has 1 saturated heterocycles. The Hall–Kier alpha value is -3.05. The summed E-state index contributed by atoms with van der Waals surface area (Å²) in [6, 6.07) is 21.5. The predicted octanol–water partition coefficient (Wildman–Crippen LogP) is 6.92. The second-order valence-electron chi connectivity index (χ2n) is 8.08. The van der Waals surface area contributed by atoms with Gasteiger partial charge in [0.05, 0.1) is 11.6 Å². The Morgan fingerprint density at radius 1 is 0.970 bits per heavy atom. The molecule has 1 aliphatic rings. The number of carbonyl (C=O) groups excluding carboxylic acids is 1. The molecular formula is C28H28BrNO3. The third-order valence-corrected chi connectivity index (χ3v) is 6.48. The van der Waals surface area contributed by atoms with Crippen LogP contribution in [0.5, 0.6) is 11.5 Å². The molecule has 1 aliphatic heterocycles. The molecule has 4 nitrogen and oxygen atoms in total. The van der Waals surface area contributed by atoms with E-state index in [2.05, 4.69) is 33.0 Å². The second-order valence-corrected chi connectivity index (χ2v) is 8.94. The topological polar surface area (TPSA) is 38.8 Å². The molecule has 0 N–H and O–H groups in total. The van der Waals surface area contributed by atoms with Gasteiger partial charge in [0.2, 0.25) is 0 Å². The largest absolute Gasteiger partial charge is 0.496 e. The molecule has 0 spiro atoms. The number of ether oxygens (including phenoxy) is 2. The van der Waals surface area contributed by atoms with E-state index in [0.717, 1.165) is 40.2 Å². The van der Waals surface area contributed by atoms with Gasteiger partial charge in [0.25, 0.3) is 0 Å². The van der Waals surface area contributed by atoms with Crippen molar-refractivity contribution >= 4 is 33.5 Å². The number of hydrogen-bond donors (Lipinski definition) is 0. The number of anilines is 1. The van der Waals surface area contributed by atoms with Crippen molar-refractivity contribution in [1.82, 2.24) is 0 Å². The van der Waals surface area contributed by atoms with Gasteiger partial charge in [-0.15, -0.1) is 0 Å². The number of methoxy groups -OCH3 is 1. The Morgan fingerprint density at radius 3 is 2.45 bits per heavy atom. The van der Waals surface area contributed by atoms with Gasteiger partial charge in [-0.3, -0.25) is 4.79 Å². The Bertz CT molecular complexity index is 1120. The molecule has 3 aromatic carbocycles. The van der Waals surface area contributed by atoms with Gasteiger partial charge in [0.1, 0.15) is 18.1 Å². The summed E-state index contributed by atoms with van der Waals surface area (Å²) in [4.78, 5) is 15.1. The minimum atomic E-state index is -0.0120. The second kappa shape index (κ2) is 11.2. The van der Waals surface area contributed by atoms with Gasteiger partial charge >= 0.3 is 0 Å². The van der Waals surface area contributed by atoms with Crippen LogP contribution in [0.4, 0.5) is 5.69 Å². The van der Waals surface area contributed by atoms with Gasteiger partial charge in [-0.25, -0.2) is 0 Å². The van der Waals surface area contributed by atoms with Gasteiger partial charge in [0.15, 0.2) is 5.78 Å². The van der Waals surface area contributed by atoms with Crippen molar-refractivity contribution in [3.63, 3.8) is 0 Å². The molecule has 0 saturated carbocycles. The van der Waals surface area contributed by atoms with Gasteiger partial charge in [0, 0.05) is 29.9 Å². The van der Waals surface area contributed by atoms with Gasteiger partial charge in [-0.2, -0.15) is 0 Å². The van der Waals surface area contributed by atoms with Crippen molar-refractivity contribution in [3.8, 4) is 11.5 Å². The minimum Gasteiger partial charge on any atom is -0.496 e. The molecule has 0 bridgehead atoms. The Morgan fingerprint density at radius 2 is 1.73 bits per heavy atom. The Labute approximate surface area is 204 Å².